The number of nitrogens with zero attached hydrogens (tertiary/aromatic N) is 3. The van der Waals surface area contributed by atoms with Gasteiger partial charge in [0.25, 0.3) is 0 Å². The van der Waals surface area contributed by atoms with Crippen LogP contribution in [0.3, 0.4) is 0 Å². The summed E-state index contributed by atoms with van der Waals surface area (Å²) >= 11 is 0. The van der Waals surface area contributed by atoms with Gasteiger partial charge in [-0.2, -0.15) is 5.26 Å². The van der Waals surface area contributed by atoms with Gasteiger partial charge in [0.1, 0.15) is 0 Å². The van der Waals surface area contributed by atoms with Crippen LogP contribution in [0.1, 0.15) is 5.56 Å². The molecule has 0 aliphatic heterocycles. The van der Waals surface area contributed by atoms with Crippen LogP contribution in [0.5, 0.6) is 0 Å². The summed E-state index contributed by atoms with van der Waals surface area (Å²) in [4.78, 5) is 0. The van der Waals surface area contributed by atoms with E-state index in [0.29, 0.717) is 5.56 Å². The van der Waals surface area contributed by atoms with Gasteiger partial charge in [0, 0.05) is 32.9 Å². The summed E-state index contributed by atoms with van der Waals surface area (Å²) in [6.45, 7) is 0. The maximum absolute atomic E-state index is 9.28. The van der Waals surface area contributed by atoms with Crippen molar-refractivity contribution >= 4 is 43.6 Å². The summed E-state index contributed by atoms with van der Waals surface area (Å²) < 4.78 is 4.73. The molecule has 0 unspecified atom stereocenters. The Bertz CT molecular complexity index is 2620. The van der Waals surface area contributed by atoms with Crippen molar-refractivity contribution in [2.24, 2.45) is 0 Å². The Morgan fingerprint density at radius 2 is 0.804 bits per heavy atom. The summed E-state index contributed by atoms with van der Waals surface area (Å²) in [5.41, 5.74) is 12.3. The van der Waals surface area contributed by atoms with Crippen LogP contribution < -0.4 is 0 Å². The van der Waals surface area contributed by atoms with Gasteiger partial charge >= 0.3 is 0 Å². The third kappa shape index (κ3) is 4.05. The molecule has 3 nitrogen and oxygen atoms in total. The first kappa shape index (κ1) is 26.1. The second kappa shape index (κ2) is 10.4. The van der Waals surface area contributed by atoms with Crippen LogP contribution in [0.25, 0.3) is 77.2 Å². The van der Waals surface area contributed by atoms with E-state index >= 15 is 0 Å². The van der Waals surface area contributed by atoms with Gasteiger partial charge in [0.15, 0.2) is 0 Å². The molecule has 0 aliphatic rings. The second-order valence-corrected chi connectivity index (χ2v) is 11.7. The van der Waals surface area contributed by atoms with Crippen molar-refractivity contribution in [1.82, 2.24) is 9.13 Å². The number of rotatable bonds is 4. The molecular formula is C43H27N3. The largest absolute Gasteiger partial charge is 0.309 e. The Kier molecular flexibility index (Phi) is 5.88. The van der Waals surface area contributed by atoms with Crippen LogP contribution in [0.15, 0.2) is 164 Å². The lowest BCUT2D eigenvalue weighted by Gasteiger charge is -2.10. The lowest BCUT2D eigenvalue weighted by molar-refractivity contribution is 1.18. The van der Waals surface area contributed by atoms with Crippen molar-refractivity contribution in [2.45, 2.75) is 0 Å². The molecule has 0 saturated carbocycles. The van der Waals surface area contributed by atoms with Gasteiger partial charge < -0.3 is 9.13 Å². The number of hydrogen-bond acceptors (Lipinski definition) is 1. The molecule has 7 aromatic carbocycles. The highest BCUT2D eigenvalue weighted by molar-refractivity contribution is 6.13. The van der Waals surface area contributed by atoms with E-state index in [2.05, 4.69) is 155 Å². The first-order valence-electron chi connectivity index (χ1n) is 15.5. The minimum atomic E-state index is 0.665. The highest BCUT2D eigenvalue weighted by Crippen LogP contribution is 2.39. The molecule has 0 aliphatic carbocycles. The van der Waals surface area contributed by atoms with E-state index < -0.39 is 0 Å². The maximum atomic E-state index is 9.28. The van der Waals surface area contributed by atoms with E-state index in [0.717, 1.165) is 28.0 Å². The minimum absolute atomic E-state index is 0.665. The summed E-state index contributed by atoms with van der Waals surface area (Å²) in [5.74, 6) is 0. The van der Waals surface area contributed by atoms with Crippen LogP contribution in [-0.4, -0.2) is 9.13 Å². The van der Waals surface area contributed by atoms with Crippen LogP contribution >= 0.6 is 0 Å². The first-order chi connectivity index (χ1) is 22.8. The van der Waals surface area contributed by atoms with Crippen molar-refractivity contribution in [2.75, 3.05) is 0 Å². The topological polar surface area (TPSA) is 33.6 Å². The zero-order valence-electron chi connectivity index (χ0n) is 24.9. The molecule has 46 heavy (non-hydrogen) atoms. The smallest absolute Gasteiger partial charge is 0.0991 e. The van der Waals surface area contributed by atoms with Crippen molar-refractivity contribution < 1.29 is 0 Å². The van der Waals surface area contributed by atoms with Crippen molar-refractivity contribution in [3.05, 3.63) is 169 Å². The number of fused-ring (bicyclic) bond motifs is 6. The molecule has 0 amide bonds. The van der Waals surface area contributed by atoms with Gasteiger partial charge in [0.05, 0.1) is 33.7 Å². The van der Waals surface area contributed by atoms with E-state index in [4.69, 9.17) is 0 Å². The summed E-state index contributed by atoms with van der Waals surface area (Å²) in [6.07, 6.45) is 0. The molecule has 0 N–H and O–H groups in total. The third-order valence-corrected chi connectivity index (χ3v) is 9.15. The normalized spacial score (nSPS) is 11.5. The molecule has 0 atom stereocenters. The lowest BCUT2D eigenvalue weighted by atomic mass is 10.00. The molecule has 2 heterocycles. The molecule has 0 saturated heterocycles. The molecular weight excluding hydrogens is 558 g/mol. The van der Waals surface area contributed by atoms with Gasteiger partial charge in [0.2, 0.25) is 0 Å². The Hall–Kier alpha value is -6.37. The molecule has 0 fully saturated rings. The monoisotopic (exact) mass is 585 g/mol. The van der Waals surface area contributed by atoms with E-state index in [9.17, 15) is 5.26 Å². The highest BCUT2D eigenvalue weighted by Gasteiger charge is 2.16. The van der Waals surface area contributed by atoms with Crippen molar-refractivity contribution in [3.63, 3.8) is 0 Å². The van der Waals surface area contributed by atoms with Crippen LogP contribution in [0.4, 0.5) is 0 Å². The van der Waals surface area contributed by atoms with E-state index in [1.807, 2.05) is 24.3 Å². The van der Waals surface area contributed by atoms with Gasteiger partial charge in [-0.1, -0.05) is 97.1 Å². The minimum Gasteiger partial charge on any atom is -0.309 e. The zero-order chi connectivity index (χ0) is 30.6. The van der Waals surface area contributed by atoms with Crippen LogP contribution in [0.2, 0.25) is 0 Å². The molecule has 0 bridgehead atoms. The Morgan fingerprint density at radius 1 is 0.348 bits per heavy atom. The standard InChI is InChI=1S/C43H27N3/c44-28-29-15-17-30(18-16-29)32-19-22-37-38-23-20-33(27-43(38)46(42(37)26-32)35-11-5-2-6-12-35)31-21-24-41-39(25-31)36-13-7-8-14-40(36)45(41)34-9-3-1-4-10-34/h1-27H. The summed E-state index contributed by atoms with van der Waals surface area (Å²) in [7, 11) is 0. The fraction of sp³-hybridized carbons (Fsp3) is 0. The zero-order valence-corrected chi connectivity index (χ0v) is 24.9. The average molecular weight is 586 g/mol. The Balaban J connectivity index is 1.26. The second-order valence-electron chi connectivity index (χ2n) is 11.7. The Labute approximate surface area is 266 Å². The molecule has 2 aromatic heterocycles. The number of benzene rings is 7. The van der Waals surface area contributed by atoms with E-state index in [-0.39, 0.29) is 0 Å². The highest BCUT2D eigenvalue weighted by atomic mass is 15.0. The fourth-order valence-electron chi connectivity index (χ4n) is 6.98. The molecule has 0 radical (unpaired) electrons. The van der Waals surface area contributed by atoms with Gasteiger partial charge in [-0.25, -0.2) is 0 Å². The predicted molar refractivity (Wildman–Crippen MR) is 191 cm³/mol. The van der Waals surface area contributed by atoms with Crippen molar-refractivity contribution in [1.29, 1.82) is 5.26 Å². The molecule has 9 rings (SSSR count). The summed E-state index contributed by atoms with van der Waals surface area (Å²) in [6, 6.07) is 60.3. The SMILES string of the molecule is N#Cc1ccc(-c2ccc3c4ccc(-c5ccc6c(c5)c5ccccc5n6-c5ccccc5)cc4n(-c4ccccc4)c3c2)cc1. The quantitative estimate of drug-likeness (QED) is 0.202. The first-order valence-corrected chi connectivity index (χ1v) is 15.5. The molecule has 0 spiro atoms. The fourth-order valence-corrected chi connectivity index (χ4v) is 6.98. The van der Waals surface area contributed by atoms with E-state index in [1.54, 1.807) is 0 Å². The lowest BCUT2D eigenvalue weighted by Crippen LogP contribution is -1.94. The summed E-state index contributed by atoms with van der Waals surface area (Å²) in [5, 5.41) is 14.2. The molecule has 9 aromatic rings. The van der Waals surface area contributed by atoms with E-state index in [1.165, 1.54) is 49.2 Å². The molecule has 3 heteroatoms. The maximum Gasteiger partial charge on any atom is 0.0991 e. The van der Waals surface area contributed by atoms with Crippen molar-refractivity contribution in [3.8, 4) is 39.7 Å². The van der Waals surface area contributed by atoms with Gasteiger partial charge in [-0.3, -0.25) is 0 Å². The number of aromatic nitrogens is 2. The van der Waals surface area contributed by atoms with Crippen LogP contribution in [-0.2, 0) is 0 Å². The van der Waals surface area contributed by atoms with Crippen LogP contribution in [0, 0.1) is 11.3 Å². The van der Waals surface area contributed by atoms with Gasteiger partial charge in [-0.15, -0.1) is 0 Å². The Morgan fingerprint density at radius 3 is 1.43 bits per heavy atom. The molecule has 214 valence electrons. The predicted octanol–water partition coefficient (Wildman–Crippen LogP) is 11.1. The van der Waals surface area contributed by atoms with Gasteiger partial charge in [-0.05, 0) is 89.0 Å². The number of nitriles is 1. The number of para-hydroxylation sites is 3. The number of hydrogen-bond donors (Lipinski definition) is 0. The third-order valence-electron chi connectivity index (χ3n) is 9.15. The average Bonchev–Trinajstić information content (AvgIpc) is 3.64.